The van der Waals surface area contributed by atoms with E-state index in [0.717, 1.165) is 24.5 Å². The molecule has 0 saturated heterocycles. The number of carboxylic acids is 1. The minimum Gasteiger partial charge on any atom is -0.480 e. The van der Waals surface area contributed by atoms with Gasteiger partial charge in [0.2, 0.25) is 5.91 Å². The number of amides is 1. The number of nitrogens with one attached hydrogen (secondary N) is 1. The first-order valence-corrected chi connectivity index (χ1v) is 7.28. The number of aromatic nitrogens is 2. The van der Waals surface area contributed by atoms with Gasteiger partial charge in [-0.3, -0.25) is 4.79 Å². The van der Waals surface area contributed by atoms with E-state index in [2.05, 4.69) is 10.3 Å². The van der Waals surface area contributed by atoms with Crippen molar-refractivity contribution in [2.45, 2.75) is 32.4 Å². The van der Waals surface area contributed by atoms with Gasteiger partial charge in [0, 0.05) is 25.9 Å². The molecule has 106 valence electrons. The van der Waals surface area contributed by atoms with Crippen LogP contribution in [0.1, 0.15) is 19.8 Å². The van der Waals surface area contributed by atoms with Gasteiger partial charge in [-0.2, -0.15) is 11.8 Å². The lowest BCUT2D eigenvalue weighted by molar-refractivity contribution is -0.141. The van der Waals surface area contributed by atoms with Crippen molar-refractivity contribution in [1.29, 1.82) is 0 Å². The molecule has 2 N–H and O–H groups in total. The number of carbonyl (C=O) groups is 2. The van der Waals surface area contributed by atoms with Crippen LogP contribution < -0.4 is 5.32 Å². The van der Waals surface area contributed by atoms with E-state index in [-0.39, 0.29) is 5.91 Å². The summed E-state index contributed by atoms with van der Waals surface area (Å²) in [5, 5.41) is 11.3. The van der Waals surface area contributed by atoms with Gasteiger partial charge >= 0.3 is 5.97 Å². The zero-order chi connectivity index (χ0) is 14.1. The maximum atomic E-state index is 10.9. The van der Waals surface area contributed by atoms with Gasteiger partial charge in [0.15, 0.2) is 0 Å². The number of aliphatic carboxylic acids is 1. The molecule has 0 aliphatic heterocycles. The second-order valence-electron chi connectivity index (χ2n) is 4.15. The molecular weight excluding hydrogens is 266 g/mol. The molecule has 0 radical (unpaired) electrons. The summed E-state index contributed by atoms with van der Waals surface area (Å²) in [6.45, 7) is 2.25. The van der Waals surface area contributed by atoms with Gasteiger partial charge in [-0.25, -0.2) is 9.78 Å². The number of carbonyl (C=O) groups excluding carboxylic acids is 1. The SMILES string of the molecule is CC(=O)NC(CCSCCCn1ccnc1)C(=O)O. The quantitative estimate of drug-likeness (QED) is 0.661. The predicted octanol–water partition coefficient (Wildman–Crippen LogP) is 0.986. The highest BCUT2D eigenvalue weighted by molar-refractivity contribution is 7.99. The van der Waals surface area contributed by atoms with E-state index in [1.54, 1.807) is 24.3 Å². The van der Waals surface area contributed by atoms with E-state index in [1.807, 2.05) is 10.8 Å². The summed E-state index contributed by atoms with van der Waals surface area (Å²) in [6, 6.07) is -0.779. The molecule has 0 bridgehead atoms. The van der Waals surface area contributed by atoms with Gasteiger partial charge in [-0.15, -0.1) is 0 Å². The number of thioether (sulfide) groups is 1. The van der Waals surface area contributed by atoms with Crippen molar-refractivity contribution < 1.29 is 14.7 Å². The number of hydrogen-bond donors (Lipinski definition) is 2. The summed E-state index contributed by atoms with van der Waals surface area (Å²) in [5.74, 6) is 0.401. The molecule has 1 atom stereocenters. The summed E-state index contributed by atoms with van der Waals surface area (Å²) in [6.07, 6.45) is 6.91. The van der Waals surface area contributed by atoms with Crippen molar-refractivity contribution in [2.24, 2.45) is 0 Å². The van der Waals surface area contributed by atoms with Crippen LogP contribution in [0.2, 0.25) is 0 Å². The number of aryl methyl sites for hydroxylation is 1. The van der Waals surface area contributed by atoms with Crippen LogP contribution in [0.3, 0.4) is 0 Å². The van der Waals surface area contributed by atoms with Crippen LogP contribution in [0.4, 0.5) is 0 Å². The summed E-state index contributed by atoms with van der Waals surface area (Å²) in [4.78, 5) is 25.7. The largest absolute Gasteiger partial charge is 0.480 e. The first-order valence-electron chi connectivity index (χ1n) is 6.13. The van der Waals surface area contributed by atoms with Crippen molar-refractivity contribution in [3.8, 4) is 0 Å². The number of nitrogens with zero attached hydrogens (tertiary/aromatic N) is 2. The Morgan fingerprint density at radius 1 is 1.47 bits per heavy atom. The Morgan fingerprint density at radius 3 is 2.84 bits per heavy atom. The molecule has 1 aromatic heterocycles. The van der Waals surface area contributed by atoms with E-state index in [0.29, 0.717) is 6.42 Å². The molecule has 0 aliphatic carbocycles. The highest BCUT2D eigenvalue weighted by Gasteiger charge is 2.17. The Labute approximate surface area is 116 Å². The summed E-state index contributed by atoms with van der Waals surface area (Å²) in [7, 11) is 0. The molecule has 7 heteroatoms. The molecule has 1 amide bonds. The Kier molecular flexibility index (Phi) is 7.02. The van der Waals surface area contributed by atoms with Crippen LogP contribution in [0.25, 0.3) is 0 Å². The average molecular weight is 285 g/mol. The third kappa shape index (κ3) is 6.85. The second-order valence-corrected chi connectivity index (χ2v) is 5.37. The number of carboxylic acid groups (broad SMARTS) is 1. The molecule has 0 fully saturated rings. The molecule has 1 rings (SSSR count). The van der Waals surface area contributed by atoms with E-state index < -0.39 is 12.0 Å². The average Bonchev–Trinajstić information content (AvgIpc) is 2.84. The smallest absolute Gasteiger partial charge is 0.326 e. The summed E-state index contributed by atoms with van der Waals surface area (Å²) >= 11 is 1.70. The van der Waals surface area contributed by atoms with Crippen molar-refractivity contribution in [3.63, 3.8) is 0 Å². The highest BCUT2D eigenvalue weighted by atomic mass is 32.2. The first-order chi connectivity index (χ1) is 9.09. The molecule has 0 saturated carbocycles. The fraction of sp³-hybridized carbons (Fsp3) is 0.583. The van der Waals surface area contributed by atoms with Crippen molar-refractivity contribution in [1.82, 2.24) is 14.9 Å². The maximum Gasteiger partial charge on any atom is 0.326 e. The van der Waals surface area contributed by atoms with Gasteiger partial charge in [0.1, 0.15) is 6.04 Å². The third-order valence-corrected chi connectivity index (χ3v) is 3.59. The van der Waals surface area contributed by atoms with Crippen molar-refractivity contribution >= 4 is 23.6 Å². The lowest BCUT2D eigenvalue weighted by Crippen LogP contribution is -2.39. The molecule has 1 heterocycles. The number of hydrogen-bond acceptors (Lipinski definition) is 4. The molecule has 1 unspecified atom stereocenters. The minimum atomic E-state index is -0.978. The predicted molar refractivity (Wildman–Crippen MR) is 74.0 cm³/mol. The monoisotopic (exact) mass is 285 g/mol. The topological polar surface area (TPSA) is 84.2 Å². The number of rotatable bonds is 9. The van der Waals surface area contributed by atoms with Gasteiger partial charge in [-0.1, -0.05) is 0 Å². The molecule has 1 aromatic rings. The zero-order valence-electron chi connectivity index (χ0n) is 10.9. The van der Waals surface area contributed by atoms with E-state index in [9.17, 15) is 9.59 Å². The van der Waals surface area contributed by atoms with Gasteiger partial charge in [0.05, 0.1) is 6.33 Å². The van der Waals surface area contributed by atoms with Crippen LogP contribution in [-0.2, 0) is 16.1 Å². The fourth-order valence-electron chi connectivity index (χ4n) is 1.57. The molecule has 0 spiro atoms. The highest BCUT2D eigenvalue weighted by Crippen LogP contribution is 2.08. The molecular formula is C12H19N3O3S. The molecule has 0 aliphatic rings. The fourth-order valence-corrected chi connectivity index (χ4v) is 2.51. The second kappa shape index (κ2) is 8.58. The standard InChI is InChI=1S/C12H19N3O3S/c1-10(16)14-11(12(17)18)3-8-19-7-2-5-15-6-4-13-9-15/h4,6,9,11H,2-3,5,7-8H2,1H3,(H,14,16)(H,17,18). The third-order valence-electron chi connectivity index (χ3n) is 2.49. The van der Waals surface area contributed by atoms with Gasteiger partial charge in [0.25, 0.3) is 0 Å². The number of imidazole rings is 1. The van der Waals surface area contributed by atoms with E-state index in [4.69, 9.17) is 5.11 Å². The van der Waals surface area contributed by atoms with E-state index >= 15 is 0 Å². The lowest BCUT2D eigenvalue weighted by atomic mass is 10.2. The van der Waals surface area contributed by atoms with Gasteiger partial charge < -0.3 is 15.0 Å². The van der Waals surface area contributed by atoms with Crippen LogP contribution >= 0.6 is 11.8 Å². The molecule has 0 aromatic carbocycles. The lowest BCUT2D eigenvalue weighted by Gasteiger charge is -2.12. The van der Waals surface area contributed by atoms with Crippen molar-refractivity contribution in [3.05, 3.63) is 18.7 Å². The van der Waals surface area contributed by atoms with Crippen molar-refractivity contribution in [2.75, 3.05) is 11.5 Å². The Hall–Kier alpha value is -1.50. The zero-order valence-corrected chi connectivity index (χ0v) is 11.7. The van der Waals surface area contributed by atoms with Crippen LogP contribution in [-0.4, -0.2) is 44.1 Å². The van der Waals surface area contributed by atoms with Crippen LogP contribution in [0.5, 0.6) is 0 Å². The maximum absolute atomic E-state index is 10.9. The Balaban J connectivity index is 2.08. The van der Waals surface area contributed by atoms with Gasteiger partial charge in [-0.05, 0) is 24.3 Å². The Bertz CT molecular complexity index is 395. The van der Waals surface area contributed by atoms with Crippen LogP contribution in [0, 0.1) is 0 Å². The summed E-state index contributed by atoms with van der Waals surface area (Å²) < 4.78 is 2.01. The normalized spacial score (nSPS) is 12.1. The molecule has 6 nitrogen and oxygen atoms in total. The Morgan fingerprint density at radius 2 is 2.26 bits per heavy atom. The molecule has 19 heavy (non-hydrogen) atoms. The minimum absolute atomic E-state index is 0.308. The van der Waals surface area contributed by atoms with Crippen LogP contribution in [0.15, 0.2) is 18.7 Å². The van der Waals surface area contributed by atoms with E-state index in [1.165, 1.54) is 6.92 Å². The first kappa shape index (κ1) is 15.6. The summed E-state index contributed by atoms with van der Waals surface area (Å²) in [5.41, 5.74) is 0.